The molecule has 0 spiro atoms. The maximum absolute atomic E-state index is 9.69. The lowest BCUT2D eigenvalue weighted by Gasteiger charge is -2.34. The van der Waals surface area contributed by atoms with Crippen molar-refractivity contribution in [1.82, 2.24) is 14.9 Å². The summed E-state index contributed by atoms with van der Waals surface area (Å²) in [5.74, 6) is 1.12. The van der Waals surface area contributed by atoms with Crippen molar-refractivity contribution in [3.63, 3.8) is 0 Å². The summed E-state index contributed by atoms with van der Waals surface area (Å²) in [6.07, 6.45) is 3.48. The quantitative estimate of drug-likeness (QED) is 0.577. The second-order valence-electron chi connectivity index (χ2n) is 8.98. The van der Waals surface area contributed by atoms with E-state index in [0.29, 0.717) is 30.5 Å². The molecular weight excluding hydrogens is 440 g/mol. The van der Waals surface area contributed by atoms with Gasteiger partial charge in [0, 0.05) is 62.2 Å². The zero-order valence-electron chi connectivity index (χ0n) is 20.0. The van der Waals surface area contributed by atoms with Gasteiger partial charge in [-0.05, 0) is 55.6 Å². The van der Waals surface area contributed by atoms with Gasteiger partial charge in [-0.2, -0.15) is 5.26 Å². The molecule has 2 aliphatic rings. The fraction of sp³-hybridized carbons (Fsp3) is 0.370. The van der Waals surface area contributed by atoms with Crippen LogP contribution in [-0.4, -0.2) is 67.4 Å². The van der Waals surface area contributed by atoms with Crippen LogP contribution < -0.4 is 15.0 Å². The summed E-state index contributed by atoms with van der Waals surface area (Å²) in [6.45, 7) is 5.63. The maximum atomic E-state index is 9.69. The number of nitrogens with one attached hydrogen (secondary N) is 1. The molecule has 8 heteroatoms. The molecule has 8 nitrogen and oxygen atoms in total. The minimum absolute atomic E-state index is 0.0826. The lowest BCUT2D eigenvalue weighted by atomic mass is 10.1. The van der Waals surface area contributed by atoms with Crippen molar-refractivity contribution in [2.24, 2.45) is 0 Å². The summed E-state index contributed by atoms with van der Waals surface area (Å²) in [5, 5.41) is 13.0. The van der Waals surface area contributed by atoms with Crippen molar-refractivity contribution >= 4 is 17.3 Å². The molecule has 2 aliphatic heterocycles. The molecule has 2 fully saturated rings. The van der Waals surface area contributed by atoms with E-state index in [4.69, 9.17) is 9.47 Å². The molecule has 0 unspecified atom stereocenters. The highest BCUT2D eigenvalue weighted by Gasteiger charge is 2.18. The van der Waals surface area contributed by atoms with E-state index in [1.54, 1.807) is 6.20 Å². The Morgan fingerprint density at radius 2 is 1.80 bits per heavy atom. The number of likely N-dealkylation sites (N-methyl/N-ethyl adjacent to an activating group) is 1. The summed E-state index contributed by atoms with van der Waals surface area (Å²) >= 11 is 0. The number of hydrogen-bond acceptors (Lipinski definition) is 8. The number of anilines is 3. The Hall–Kier alpha value is -3.67. The van der Waals surface area contributed by atoms with Crippen molar-refractivity contribution in [2.45, 2.75) is 18.9 Å². The first-order valence-corrected chi connectivity index (χ1v) is 12.1. The second kappa shape index (κ2) is 10.7. The number of rotatable bonds is 6. The summed E-state index contributed by atoms with van der Waals surface area (Å²) < 4.78 is 11.5. The van der Waals surface area contributed by atoms with Gasteiger partial charge in [0.25, 0.3) is 0 Å². The van der Waals surface area contributed by atoms with E-state index in [1.165, 1.54) is 5.69 Å². The van der Waals surface area contributed by atoms with E-state index in [1.807, 2.05) is 24.3 Å². The third kappa shape index (κ3) is 5.70. The lowest BCUT2D eigenvalue weighted by molar-refractivity contribution is 0.0254. The van der Waals surface area contributed by atoms with Gasteiger partial charge in [-0.25, -0.2) is 9.97 Å². The van der Waals surface area contributed by atoms with E-state index >= 15 is 0 Å². The number of piperazine rings is 1. The van der Waals surface area contributed by atoms with Gasteiger partial charge in [-0.1, -0.05) is 0 Å². The molecule has 5 rings (SSSR count). The molecular formula is C27H30N6O2. The van der Waals surface area contributed by atoms with Crippen LogP contribution in [-0.2, 0) is 4.74 Å². The van der Waals surface area contributed by atoms with Crippen LogP contribution in [0.4, 0.5) is 17.3 Å². The highest BCUT2D eigenvalue weighted by atomic mass is 16.5. The first-order valence-electron chi connectivity index (χ1n) is 12.1. The smallest absolute Gasteiger partial charge is 0.227 e. The Morgan fingerprint density at radius 3 is 2.54 bits per heavy atom. The van der Waals surface area contributed by atoms with E-state index in [2.05, 4.69) is 62.5 Å². The number of benzene rings is 2. The largest absolute Gasteiger partial charge is 0.489 e. The van der Waals surface area contributed by atoms with Crippen molar-refractivity contribution in [1.29, 1.82) is 5.26 Å². The van der Waals surface area contributed by atoms with Gasteiger partial charge in [0.2, 0.25) is 5.95 Å². The normalized spacial score (nSPS) is 17.1. The number of aromatic nitrogens is 2. The molecule has 2 aromatic carbocycles. The van der Waals surface area contributed by atoms with E-state index in [9.17, 15) is 5.26 Å². The first-order chi connectivity index (χ1) is 17.2. The Balaban J connectivity index is 1.27. The molecule has 0 radical (unpaired) electrons. The predicted octanol–water partition coefficient (Wildman–Crippen LogP) is 4.07. The van der Waals surface area contributed by atoms with Gasteiger partial charge in [-0.3, -0.25) is 0 Å². The Labute approximate surface area is 206 Å². The Kier molecular flexibility index (Phi) is 7.07. The highest BCUT2D eigenvalue weighted by molar-refractivity contribution is 5.66. The molecule has 0 saturated carbocycles. The Morgan fingerprint density at radius 1 is 1.03 bits per heavy atom. The first kappa shape index (κ1) is 23.1. The Bertz CT molecular complexity index is 1180. The van der Waals surface area contributed by atoms with Crippen LogP contribution in [0.3, 0.4) is 0 Å². The van der Waals surface area contributed by atoms with Crippen molar-refractivity contribution < 1.29 is 9.47 Å². The summed E-state index contributed by atoms with van der Waals surface area (Å²) in [5.41, 5.74) is 4.24. The minimum atomic E-state index is 0.0826. The minimum Gasteiger partial charge on any atom is -0.489 e. The molecule has 0 atom stereocenters. The summed E-state index contributed by atoms with van der Waals surface area (Å²) in [7, 11) is 2.16. The van der Waals surface area contributed by atoms with Crippen molar-refractivity contribution in [3.05, 3.63) is 60.3 Å². The van der Waals surface area contributed by atoms with Gasteiger partial charge in [-0.15, -0.1) is 0 Å². The van der Waals surface area contributed by atoms with Crippen molar-refractivity contribution in [3.8, 4) is 23.1 Å². The van der Waals surface area contributed by atoms with Crippen molar-refractivity contribution in [2.75, 3.05) is 56.7 Å². The van der Waals surface area contributed by atoms with Gasteiger partial charge in [0.05, 0.1) is 24.5 Å². The molecule has 3 heterocycles. The molecule has 180 valence electrons. The maximum Gasteiger partial charge on any atom is 0.227 e. The second-order valence-corrected chi connectivity index (χ2v) is 8.98. The van der Waals surface area contributed by atoms with E-state index in [-0.39, 0.29) is 6.10 Å². The summed E-state index contributed by atoms with van der Waals surface area (Å²) in [4.78, 5) is 13.8. The molecule has 0 aliphatic carbocycles. The van der Waals surface area contributed by atoms with Crippen LogP contribution in [0.25, 0.3) is 11.3 Å². The topological polar surface area (TPSA) is 86.5 Å². The van der Waals surface area contributed by atoms with E-state index in [0.717, 1.165) is 56.0 Å². The number of nitriles is 1. The highest BCUT2D eigenvalue weighted by Crippen LogP contribution is 2.28. The summed E-state index contributed by atoms with van der Waals surface area (Å²) in [6, 6.07) is 18.1. The van der Waals surface area contributed by atoms with Crippen LogP contribution in [0.5, 0.6) is 5.75 Å². The fourth-order valence-corrected chi connectivity index (χ4v) is 4.38. The molecule has 1 N–H and O–H groups in total. The average Bonchev–Trinajstić information content (AvgIpc) is 2.91. The third-order valence-corrected chi connectivity index (χ3v) is 6.51. The zero-order valence-corrected chi connectivity index (χ0v) is 20.0. The van der Waals surface area contributed by atoms with E-state index < -0.39 is 0 Å². The molecule has 35 heavy (non-hydrogen) atoms. The monoisotopic (exact) mass is 470 g/mol. The lowest BCUT2D eigenvalue weighted by Crippen LogP contribution is -2.44. The predicted molar refractivity (Wildman–Crippen MR) is 136 cm³/mol. The van der Waals surface area contributed by atoms with Gasteiger partial charge in [0.15, 0.2) is 0 Å². The number of hydrogen-bond donors (Lipinski definition) is 1. The van der Waals surface area contributed by atoms with Crippen LogP contribution >= 0.6 is 0 Å². The van der Waals surface area contributed by atoms with Gasteiger partial charge >= 0.3 is 0 Å². The molecule has 0 amide bonds. The number of ether oxygens (including phenoxy) is 2. The van der Waals surface area contributed by atoms with Crippen LogP contribution in [0.1, 0.15) is 18.4 Å². The zero-order chi connectivity index (χ0) is 24.0. The standard InChI is InChI=1S/C27H30N6O2/c1-32-12-14-33(15-13-32)23-5-3-22(4-6-23)30-27-29-11-8-25(31-27)20-2-7-26(21(18-20)19-28)35-24-9-16-34-17-10-24/h2-8,11,18,24H,9-10,12-17H2,1H3,(H,29,30,31). The molecule has 2 saturated heterocycles. The van der Waals surface area contributed by atoms with Crippen LogP contribution in [0.2, 0.25) is 0 Å². The van der Waals surface area contributed by atoms with Crippen LogP contribution in [0, 0.1) is 11.3 Å². The van der Waals surface area contributed by atoms with Gasteiger partial charge in [0.1, 0.15) is 17.9 Å². The number of nitrogens with zero attached hydrogens (tertiary/aromatic N) is 5. The molecule has 0 bridgehead atoms. The molecule has 3 aromatic rings. The SMILES string of the molecule is CN1CCN(c2ccc(Nc3nccc(-c4ccc(OC5CCOCC5)c(C#N)c4)n3)cc2)CC1. The third-order valence-electron chi connectivity index (χ3n) is 6.51. The van der Waals surface area contributed by atoms with Crippen LogP contribution in [0.15, 0.2) is 54.7 Å². The van der Waals surface area contributed by atoms with Gasteiger partial charge < -0.3 is 24.6 Å². The fourth-order valence-electron chi connectivity index (χ4n) is 4.38. The average molecular weight is 471 g/mol. The molecule has 1 aromatic heterocycles.